The first kappa shape index (κ1) is 11.5. The number of aryl methyl sites for hydroxylation is 2. The number of benzene rings is 1. The zero-order valence-electron chi connectivity index (χ0n) is 9.12. The molecule has 0 aromatic heterocycles. The Hall–Kier alpha value is -1.55. The number of hydrogen-bond donors (Lipinski definition) is 3. The quantitative estimate of drug-likeness (QED) is 0.512. The summed E-state index contributed by atoms with van der Waals surface area (Å²) in [6.07, 6.45) is 0. The SMILES string of the molecule is Cc1cc(C)cc(NC(N)=NCCO)c1. The number of guanidine groups is 1. The van der Waals surface area contributed by atoms with Crippen LogP contribution in [0.1, 0.15) is 11.1 Å². The Morgan fingerprint density at radius 3 is 2.47 bits per heavy atom. The van der Waals surface area contributed by atoms with Crippen LogP contribution in [0.3, 0.4) is 0 Å². The average Bonchev–Trinajstić information content (AvgIpc) is 2.13. The lowest BCUT2D eigenvalue weighted by Gasteiger charge is -2.07. The topological polar surface area (TPSA) is 70.6 Å². The van der Waals surface area contributed by atoms with Gasteiger partial charge in [-0.15, -0.1) is 0 Å². The van der Waals surface area contributed by atoms with E-state index in [0.29, 0.717) is 12.5 Å². The molecule has 0 heterocycles. The highest BCUT2D eigenvalue weighted by atomic mass is 16.3. The summed E-state index contributed by atoms with van der Waals surface area (Å²) in [6, 6.07) is 6.08. The van der Waals surface area contributed by atoms with Gasteiger partial charge in [-0.25, -0.2) is 0 Å². The van der Waals surface area contributed by atoms with Gasteiger partial charge in [0.1, 0.15) is 0 Å². The lowest BCUT2D eigenvalue weighted by Crippen LogP contribution is -2.23. The molecule has 4 heteroatoms. The summed E-state index contributed by atoms with van der Waals surface area (Å²) in [5.74, 6) is 0.328. The van der Waals surface area contributed by atoms with Crippen molar-refractivity contribution in [2.45, 2.75) is 13.8 Å². The number of hydrogen-bond acceptors (Lipinski definition) is 2. The van der Waals surface area contributed by atoms with Crippen LogP contribution in [0.25, 0.3) is 0 Å². The minimum Gasteiger partial charge on any atom is -0.394 e. The molecule has 0 saturated heterocycles. The predicted molar refractivity (Wildman–Crippen MR) is 63.1 cm³/mol. The predicted octanol–water partition coefficient (Wildman–Crippen LogP) is 1.02. The van der Waals surface area contributed by atoms with Crippen molar-refractivity contribution in [2.75, 3.05) is 18.5 Å². The molecule has 0 bridgehead atoms. The van der Waals surface area contributed by atoms with Gasteiger partial charge in [0.2, 0.25) is 0 Å². The van der Waals surface area contributed by atoms with Gasteiger partial charge >= 0.3 is 0 Å². The highest BCUT2D eigenvalue weighted by Crippen LogP contribution is 2.13. The number of aliphatic hydroxyl groups is 1. The Bertz CT molecular complexity index is 341. The van der Waals surface area contributed by atoms with Gasteiger partial charge < -0.3 is 16.2 Å². The number of nitrogens with one attached hydrogen (secondary N) is 1. The van der Waals surface area contributed by atoms with Crippen LogP contribution in [0.5, 0.6) is 0 Å². The number of nitrogens with two attached hydrogens (primary N) is 1. The number of rotatable bonds is 3. The number of anilines is 1. The molecule has 0 aliphatic heterocycles. The molecular weight excluding hydrogens is 190 g/mol. The van der Waals surface area contributed by atoms with Gasteiger partial charge in [0.25, 0.3) is 0 Å². The molecular formula is C11H17N3O. The summed E-state index contributed by atoms with van der Waals surface area (Å²) in [5.41, 5.74) is 8.89. The van der Waals surface area contributed by atoms with Crippen molar-refractivity contribution in [2.24, 2.45) is 10.7 Å². The Labute approximate surface area is 89.8 Å². The number of nitrogens with zero attached hydrogens (tertiary/aromatic N) is 1. The van der Waals surface area contributed by atoms with E-state index >= 15 is 0 Å². The van der Waals surface area contributed by atoms with Crippen LogP contribution in [-0.2, 0) is 0 Å². The third kappa shape index (κ3) is 3.99. The van der Waals surface area contributed by atoms with E-state index in [2.05, 4.69) is 16.4 Å². The summed E-state index contributed by atoms with van der Waals surface area (Å²) >= 11 is 0. The van der Waals surface area contributed by atoms with Gasteiger partial charge in [-0.2, -0.15) is 0 Å². The van der Waals surface area contributed by atoms with Crippen molar-refractivity contribution >= 4 is 11.6 Å². The van der Waals surface area contributed by atoms with Crippen molar-refractivity contribution in [1.82, 2.24) is 0 Å². The molecule has 82 valence electrons. The number of aliphatic imine (C=N–C) groups is 1. The van der Waals surface area contributed by atoms with Crippen LogP contribution < -0.4 is 11.1 Å². The maximum atomic E-state index is 8.58. The molecule has 0 aliphatic rings. The minimum atomic E-state index is 0.00915. The van der Waals surface area contributed by atoms with Gasteiger partial charge in [0.15, 0.2) is 5.96 Å². The lowest BCUT2D eigenvalue weighted by molar-refractivity contribution is 0.307. The van der Waals surface area contributed by atoms with Crippen molar-refractivity contribution in [3.63, 3.8) is 0 Å². The fourth-order valence-electron chi connectivity index (χ4n) is 1.40. The Kier molecular flexibility index (Phi) is 4.12. The summed E-state index contributed by atoms with van der Waals surface area (Å²) in [7, 11) is 0. The maximum absolute atomic E-state index is 8.58. The smallest absolute Gasteiger partial charge is 0.193 e. The first-order chi connectivity index (χ1) is 7.11. The summed E-state index contributed by atoms with van der Waals surface area (Å²) in [5, 5.41) is 11.6. The minimum absolute atomic E-state index is 0.00915. The van der Waals surface area contributed by atoms with E-state index in [9.17, 15) is 0 Å². The molecule has 0 atom stereocenters. The molecule has 4 N–H and O–H groups in total. The molecule has 15 heavy (non-hydrogen) atoms. The van der Waals surface area contributed by atoms with Crippen LogP contribution in [0.2, 0.25) is 0 Å². The fourth-order valence-corrected chi connectivity index (χ4v) is 1.40. The lowest BCUT2D eigenvalue weighted by atomic mass is 10.1. The molecule has 1 aromatic rings. The second-order valence-corrected chi connectivity index (χ2v) is 3.49. The standard InChI is InChI=1S/C11H17N3O/c1-8-5-9(2)7-10(6-8)14-11(12)13-3-4-15/h5-7,15H,3-4H2,1-2H3,(H3,12,13,14). The van der Waals surface area contributed by atoms with Crippen molar-refractivity contribution in [3.8, 4) is 0 Å². The second kappa shape index (κ2) is 5.36. The number of aliphatic hydroxyl groups excluding tert-OH is 1. The average molecular weight is 207 g/mol. The Balaban J connectivity index is 2.72. The zero-order chi connectivity index (χ0) is 11.3. The molecule has 1 aromatic carbocycles. The second-order valence-electron chi connectivity index (χ2n) is 3.49. The summed E-state index contributed by atoms with van der Waals surface area (Å²) in [4.78, 5) is 3.93. The third-order valence-corrected chi connectivity index (χ3v) is 1.88. The molecule has 0 amide bonds. The van der Waals surface area contributed by atoms with Gasteiger partial charge in [-0.1, -0.05) is 6.07 Å². The van der Waals surface area contributed by atoms with E-state index in [1.165, 1.54) is 11.1 Å². The van der Waals surface area contributed by atoms with Gasteiger partial charge in [0, 0.05) is 5.69 Å². The third-order valence-electron chi connectivity index (χ3n) is 1.88. The molecule has 4 nitrogen and oxygen atoms in total. The molecule has 0 aliphatic carbocycles. The largest absolute Gasteiger partial charge is 0.394 e. The Morgan fingerprint density at radius 1 is 1.33 bits per heavy atom. The monoisotopic (exact) mass is 207 g/mol. The van der Waals surface area contributed by atoms with E-state index < -0.39 is 0 Å². The van der Waals surface area contributed by atoms with Crippen LogP contribution in [-0.4, -0.2) is 24.2 Å². The first-order valence-electron chi connectivity index (χ1n) is 4.88. The van der Waals surface area contributed by atoms with Gasteiger partial charge in [-0.05, 0) is 37.1 Å². The van der Waals surface area contributed by atoms with Crippen molar-refractivity contribution < 1.29 is 5.11 Å². The summed E-state index contributed by atoms with van der Waals surface area (Å²) in [6.45, 7) is 4.39. The van der Waals surface area contributed by atoms with Crippen LogP contribution in [0, 0.1) is 13.8 Å². The van der Waals surface area contributed by atoms with E-state index in [1.54, 1.807) is 0 Å². The molecule has 0 saturated carbocycles. The first-order valence-corrected chi connectivity index (χ1v) is 4.88. The molecule has 0 fully saturated rings. The van der Waals surface area contributed by atoms with Crippen LogP contribution in [0.4, 0.5) is 5.69 Å². The zero-order valence-corrected chi connectivity index (χ0v) is 9.12. The molecule has 0 spiro atoms. The van der Waals surface area contributed by atoms with E-state index in [-0.39, 0.29) is 6.61 Å². The van der Waals surface area contributed by atoms with E-state index in [0.717, 1.165) is 5.69 Å². The van der Waals surface area contributed by atoms with Crippen LogP contribution >= 0.6 is 0 Å². The fraction of sp³-hybridized carbons (Fsp3) is 0.364. The van der Waals surface area contributed by atoms with Gasteiger partial charge in [-0.3, -0.25) is 4.99 Å². The van der Waals surface area contributed by atoms with Crippen molar-refractivity contribution in [1.29, 1.82) is 0 Å². The molecule has 0 radical (unpaired) electrons. The van der Waals surface area contributed by atoms with E-state index in [1.807, 2.05) is 26.0 Å². The summed E-state index contributed by atoms with van der Waals surface area (Å²) < 4.78 is 0. The van der Waals surface area contributed by atoms with E-state index in [4.69, 9.17) is 10.8 Å². The van der Waals surface area contributed by atoms with Crippen molar-refractivity contribution in [3.05, 3.63) is 29.3 Å². The highest BCUT2D eigenvalue weighted by molar-refractivity contribution is 5.92. The Morgan fingerprint density at radius 2 is 1.93 bits per heavy atom. The molecule has 0 unspecified atom stereocenters. The van der Waals surface area contributed by atoms with Crippen LogP contribution in [0.15, 0.2) is 23.2 Å². The molecule has 1 rings (SSSR count). The van der Waals surface area contributed by atoms with Gasteiger partial charge in [0.05, 0.1) is 13.2 Å². The maximum Gasteiger partial charge on any atom is 0.193 e. The highest BCUT2D eigenvalue weighted by Gasteiger charge is 1.96. The normalized spacial score (nSPS) is 11.5.